The van der Waals surface area contributed by atoms with E-state index in [0.29, 0.717) is 0 Å². The first kappa shape index (κ1) is 32.7. The van der Waals surface area contributed by atoms with E-state index in [1.807, 2.05) is 0 Å². The van der Waals surface area contributed by atoms with E-state index in [-0.39, 0.29) is 17.3 Å². The lowest BCUT2D eigenvalue weighted by molar-refractivity contribution is 0.465. The molecule has 2 heteroatoms. The van der Waals surface area contributed by atoms with Crippen molar-refractivity contribution >= 4 is 34.8 Å². The minimum atomic E-state index is -0.315. The van der Waals surface area contributed by atoms with Gasteiger partial charge in [-0.15, -0.1) is 0 Å². The minimum Gasteiger partial charge on any atom is -0.310 e. The largest absolute Gasteiger partial charge is 0.310 e. The van der Waals surface area contributed by atoms with E-state index in [4.69, 9.17) is 0 Å². The van der Waals surface area contributed by atoms with Crippen molar-refractivity contribution in [3.63, 3.8) is 0 Å². The number of allylic oxidation sites excluding steroid dienone is 7. The Kier molecular flexibility index (Phi) is 6.94. The summed E-state index contributed by atoms with van der Waals surface area (Å²) in [6.07, 6.45) is 30.0. The van der Waals surface area contributed by atoms with E-state index in [2.05, 4.69) is 179 Å². The average Bonchev–Trinajstić information content (AvgIpc) is 3.91. The predicted molar refractivity (Wildman–Crippen MR) is 241 cm³/mol. The zero-order chi connectivity index (χ0) is 38.0. The molecule has 5 aromatic carbocycles. The number of nitrogens with zero attached hydrogens (tertiary/aromatic N) is 2. The zero-order valence-corrected chi connectivity index (χ0v) is 32.7. The average molecular weight is 745 g/mol. The van der Waals surface area contributed by atoms with E-state index in [9.17, 15) is 0 Å². The van der Waals surface area contributed by atoms with Gasteiger partial charge in [0.1, 0.15) is 0 Å². The van der Waals surface area contributed by atoms with E-state index in [0.717, 1.165) is 38.5 Å². The molecule has 2 nitrogen and oxygen atoms in total. The molecule has 0 amide bonds. The SMILES string of the molecule is C1=Cc2c(c3c(n2C2=CC4C(C=C2)c2ccc(-c5ccc(-n6c7c(c8ccccc86)CCC=C7)cc5)cc2C42c4ccccc4-c4ccccc42)C=CCC3)CCC1. The number of fused-ring (bicyclic) bond motifs is 16. The molecule has 58 heavy (non-hydrogen) atoms. The van der Waals surface area contributed by atoms with E-state index < -0.39 is 0 Å². The molecule has 0 aliphatic heterocycles. The molecule has 278 valence electrons. The maximum atomic E-state index is 2.68. The first-order chi connectivity index (χ1) is 28.8. The maximum Gasteiger partial charge on any atom is 0.0538 e. The Bertz CT molecular complexity index is 2990. The molecule has 0 saturated carbocycles. The van der Waals surface area contributed by atoms with Crippen LogP contribution < -0.4 is 0 Å². The Morgan fingerprint density at radius 1 is 0.517 bits per heavy atom. The van der Waals surface area contributed by atoms with Gasteiger partial charge in [0.2, 0.25) is 0 Å². The van der Waals surface area contributed by atoms with Gasteiger partial charge in [-0.25, -0.2) is 0 Å². The molecule has 2 heterocycles. The van der Waals surface area contributed by atoms with Crippen LogP contribution in [-0.2, 0) is 24.7 Å². The number of hydrogen-bond donors (Lipinski definition) is 0. The smallest absolute Gasteiger partial charge is 0.0538 e. The normalized spacial score (nSPS) is 19.9. The molecule has 2 aromatic heterocycles. The second-order valence-electron chi connectivity index (χ2n) is 17.2. The fourth-order valence-electron chi connectivity index (χ4n) is 12.1. The summed E-state index contributed by atoms with van der Waals surface area (Å²) in [6, 6.07) is 44.2. The molecular formula is C56H44N2. The van der Waals surface area contributed by atoms with Crippen LogP contribution in [-0.4, -0.2) is 9.13 Å². The van der Waals surface area contributed by atoms with Crippen molar-refractivity contribution < 1.29 is 0 Å². The molecule has 6 aliphatic carbocycles. The van der Waals surface area contributed by atoms with Crippen molar-refractivity contribution in [1.29, 1.82) is 0 Å². The Labute approximate surface area is 340 Å². The van der Waals surface area contributed by atoms with Crippen LogP contribution in [0.5, 0.6) is 0 Å². The van der Waals surface area contributed by atoms with Crippen LogP contribution in [0, 0.1) is 5.92 Å². The Morgan fingerprint density at radius 2 is 1.16 bits per heavy atom. The lowest BCUT2D eigenvalue weighted by Gasteiger charge is -2.37. The van der Waals surface area contributed by atoms with E-state index in [1.165, 1.54) is 95.9 Å². The van der Waals surface area contributed by atoms with Crippen molar-refractivity contribution in [2.24, 2.45) is 5.92 Å². The highest BCUT2D eigenvalue weighted by atomic mass is 15.0. The molecule has 1 spiro atoms. The molecular weight excluding hydrogens is 701 g/mol. The van der Waals surface area contributed by atoms with Gasteiger partial charge in [0.25, 0.3) is 0 Å². The number of benzene rings is 5. The van der Waals surface area contributed by atoms with Gasteiger partial charge in [0.15, 0.2) is 0 Å². The van der Waals surface area contributed by atoms with Gasteiger partial charge in [-0.05, 0) is 155 Å². The van der Waals surface area contributed by atoms with Gasteiger partial charge in [-0.1, -0.05) is 121 Å². The third-order valence-electron chi connectivity index (χ3n) is 14.5. The second kappa shape index (κ2) is 12.3. The van der Waals surface area contributed by atoms with Gasteiger partial charge in [-0.2, -0.15) is 0 Å². The lowest BCUT2D eigenvalue weighted by Crippen LogP contribution is -2.33. The van der Waals surface area contributed by atoms with Crippen molar-refractivity contribution in [1.82, 2.24) is 9.13 Å². The molecule has 7 aromatic rings. The number of aryl methyl sites for hydroxylation is 1. The molecule has 0 N–H and O–H groups in total. The molecule has 2 unspecified atom stereocenters. The molecule has 2 atom stereocenters. The molecule has 0 saturated heterocycles. The summed E-state index contributed by atoms with van der Waals surface area (Å²) in [5, 5.41) is 1.37. The number of hydrogen-bond acceptors (Lipinski definition) is 0. The molecule has 0 fully saturated rings. The first-order valence-corrected chi connectivity index (χ1v) is 21.5. The van der Waals surface area contributed by atoms with E-state index in [1.54, 1.807) is 11.1 Å². The highest BCUT2D eigenvalue weighted by Crippen LogP contribution is 2.66. The Balaban J connectivity index is 0.992. The summed E-state index contributed by atoms with van der Waals surface area (Å²) in [5.74, 6) is 0.494. The fourth-order valence-corrected chi connectivity index (χ4v) is 12.1. The summed E-state index contributed by atoms with van der Waals surface area (Å²) in [5.41, 5.74) is 23.3. The number of rotatable bonds is 3. The maximum absolute atomic E-state index is 2.68. The van der Waals surface area contributed by atoms with Gasteiger partial charge in [0.05, 0.1) is 10.9 Å². The van der Waals surface area contributed by atoms with E-state index >= 15 is 0 Å². The van der Waals surface area contributed by atoms with Crippen molar-refractivity contribution in [2.75, 3.05) is 0 Å². The Morgan fingerprint density at radius 3 is 1.93 bits per heavy atom. The number of aromatic nitrogens is 2. The second-order valence-corrected chi connectivity index (χ2v) is 17.2. The summed E-state index contributed by atoms with van der Waals surface area (Å²) in [4.78, 5) is 0. The highest BCUT2D eigenvalue weighted by Gasteiger charge is 2.57. The molecule has 13 rings (SSSR count). The van der Waals surface area contributed by atoms with Crippen molar-refractivity contribution in [3.05, 3.63) is 208 Å². The van der Waals surface area contributed by atoms with Crippen LogP contribution in [0.2, 0.25) is 0 Å². The summed E-state index contributed by atoms with van der Waals surface area (Å²) in [7, 11) is 0. The van der Waals surface area contributed by atoms with Gasteiger partial charge in [-0.3, -0.25) is 0 Å². The zero-order valence-electron chi connectivity index (χ0n) is 32.7. The van der Waals surface area contributed by atoms with Gasteiger partial charge < -0.3 is 9.13 Å². The number of para-hydroxylation sites is 1. The fraction of sp³-hybridized carbons (Fsp3) is 0.179. The molecule has 0 radical (unpaired) electrons. The third-order valence-corrected chi connectivity index (χ3v) is 14.5. The standard InChI is InChI=1S/C56H44N2/c1-2-16-44-47-19-8-13-25-55(47)58(54(44)22-3-1)39-31-33-43-42-32-28-37(34-50(42)56(51(43)35-39)48-20-9-4-14-40(48)41-15-5-10-21-49(41)56)36-26-29-38(30-27-36)57-52-23-11-6-17-45(52)46-18-7-12-24-53(46)57/h3-6,9-15,17,20-35,43,51H,1-2,7-8,16,18-19H2. The van der Waals surface area contributed by atoms with Crippen LogP contribution in [0.4, 0.5) is 0 Å². The predicted octanol–water partition coefficient (Wildman–Crippen LogP) is 13.5. The van der Waals surface area contributed by atoms with Crippen LogP contribution in [0.15, 0.2) is 152 Å². The summed E-state index contributed by atoms with van der Waals surface area (Å²) < 4.78 is 5.08. The van der Waals surface area contributed by atoms with Crippen LogP contribution >= 0.6 is 0 Å². The van der Waals surface area contributed by atoms with Crippen LogP contribution in [0.3, 0.4) is 0 Å². The lowest BCUT2D eigenvalue weighted by atomic mass is 9.65. The van der Waals surface area contributed by atoms with Crippen molar-refractivity contribution in [2.45, 2.75) is 56.3 Å². The monoisotopic (exact) mass is 744 g/mol. The summed E-state index contributed by atoms with van der Waals surface area (Å²) in [6.45, 7) is 0. The Hall–Kier alpha value is -6.38. The van der Waals surface area contributed by atoms with Crippen LogP contribution in [0.1, 0.15) is 87.6 Å². The first-order valence-electron chi connectivity index (χ1n) is 21.5. The minimum absolute atomic E-state index is 0.224. The quantitative estimate of drug-likeness (QED) is 0.170. The summed E-state index contributed by atoms with van der Waals surface area (Å²) >= 11 is 0. The molecule has 0 bridgehead atoms. The van der Waals surface area contributed by atoms with Crippen LogP contribution in [0.25, 0.3) is 62.8 Å². The van der Waals surface area contributed by atoms with Crippen molar-refractivity contribution in [3.8, 4) is 27.9 Å². The topological polar surface area (TPSA) is 9.86 Å². The van der Waals surface area contributed by atoms with Gasteiger partial charge in [0, 0.05) is 45.7 Å². The molecule has 6 aliphatic rings. The highest BCUT2D eigenvalue weighted by molar-refractivity contribution is 5.91. The third kappa shape index (κ3) is 4.33. The van der Waals surface area contributed by atoms with Gasteiger partial charge >= 0.3 is 0 Å².